The molecule has 0 amide bonds. The highest BCUT2D eigenvalue weighted by Crippen LogP contribution is 2.50. The van der Waals surface area contributed by atoms with Gasteiger partial charge in [0.2, 0.25) is 0 Å². The number of thiazole rings is 1. The summed E-state index contributed by atoms with van der Waals surface area (Å²) in [7, 11) is 0. The Morgan fingerprint density at radius 2 is 2.22 bits per heavy atom. The van der Waals surface area contributed by atoms with Gasteiger partial charge in [0.1, 0.15) is 0 Å². The van der Waals surface area contributed by atoms with Gasteiger partial charge in [0.05, 0.1) is 16.8 Å². The third-order valence-corrected chi connectivity index (χ3v) is 6.58. The first-order chi connectivity index (χ1) is 8.64. The van der Waals surface area contributed by atoms with Crippen molar-refractivity contribution in [1.82, 2.24) is 4.98 Å². The fraction of sp³-hybridized carbons (Fsp3) is 0.786. The van der Waals surface area contributed by atoms with Crippen molar-refractivity contribution in [2.75, 3.05) is 11.9 Å². The van der Waals surface area contributed by atoms with Gasteiger partial charge in [-0.05, 0) is 39.0 Å². The first kappa shape index (κ1) is 13.1. The van der Waals surface area contributed by atoms with Gasteiger partial charge in [-0.1, -0.05) is 15.9 Å². The van der Waals surface area contributed by atoms with Crippen molar-refractivity contribution in [2.45, 2.75) is 45.6 Å². The molecule has 1 saturated carbocycles. The fourth-order valence-corrected chi connectivity index (χ4v) is 4.92. The summed E-state index contributed by atoms with van der Waals surface area (Å²) in [6.07, 6.45) is 5.43. The van der Waals surface area contributed by atoms with E-state index in [0.29, 0.717) is 6.10 Å². The van der Waals surface area contributed by atoms with Crippen molar-refractivity contribution in [1.29, 1.82) is 0 Å². The van der Waals surface area contributed by atoms with Crippen LogP contribution < -0.4 is 0 Å². The van der Waals surface area contributed by atoms with Crippen LogP contribution in [0, 0.1) is 25.2 Å². The molecule has 1 aliphatic carbocycles. The van der Waals surface area contributed by atoms with E-state index in [1.54, 1.807) is 0 Å². The monoisotopic (exact) mass is 329 g/mol. The normalized spacial score (nSPS) is 32.1. The minimum absolute atomic E-state index is 0.290. The molecule has 1 aliphatic heterocycles. The number of aromatic nitrogens is 1. The lowest BCUT2D eigenvalue weighted by molar-refractivity contribution is 0.0413. The molecule has 0 bridgehead atoms. The second-order valence-corrected chi connectivity index (χ2v) is 7.65. The molecule has 0 aromatic carbocycles. The lowest BCUT2D eigenvalue weighted by Gasteiger charge is -2.31. The number of ether oxygens (including phenoxy) is 1. The van der Waals surface area contributed by atoms with E-state index in [1.165, 1.54) is 34.8 Å². The van der Waals surface area contributed by atoms with Crippen LogP contribution in [0.3, 0.4) is 0 Å². The highest BCUT2D eigenvalue weighted by atomic mass is 79.9. The summed E-state index contributed by atoms with van der Waals surface area (Å²) in [5.74, 6) is 0.812. The summed E-state index contributed by atoms with van der Waals surface area (Å²) in [6.45, 7) is 5.20. The minimum atomic E-state index is 0.290. The Balaban J connectivity index is 1.82. The van der Waals surface area contributed by atoms with E-state index < -0.39 is 0 Å². The number of alkyl halides is 1. The molecule has 1 aromatic rings. The van der Waals surface area contributed by atoms with E-state index in [4.69, 9.17) is 9.72 Å². The van der Waals surface area contributed by atoms with Gasteiger partial charge in [-0.3, -0.25) is 0 Å². The SMILES string of the molecule is Cc1nc(CC2(CBr)CCOC2C2CC2)sc1C. The van der Waals surface area contributed by atoms with Crippen LogP contribution in [-0.2, 0) is 11.2 Å². The third kappa shape index (κ3) is 2.27. The van der Waals surface area contributed by atoms with Crippen LogP contribution in [0.5, 0.6) is 0 Å². The Bertz CT molecular complexity index is 424. The van der Waals surface area contributed by atoms with E-state index in [-0.39, 0.29) is 5.41 Å². The van der Waals surface area contributed by atoms with Crippen LogP contribution in [0.25, 0.3) is 0 Å². The number of hydrogen-bond acceptors (Lipinski definition) is 3. The smallest absolute Gasteiger partial charge is 0.0937 e. The van der Waals surface area contributed by atoms with Gasteiger partial charge in [0.15, 0.2) is 0 Å². The van der Waals surface area contributed by atoms with E-state index in [2.05, 4.69) is 29.8 Å². The van der Waals surface area contributed by atoms with Crippen LogP contribution >= 0.6 is 27.3 Å². The van der Waals surface area contributed by atoms with E-state index in [0.717, 1.165) is 24.3 Å². The zero-order valence-electron chi connectivity index (χ0n) is 11.0. The minimum Gasteiger partial charge on any atom is -0.377 e. The molecule has 1 aromatic heterocycles. The number of hydrogen-bond donors (Lipinski definition) is 0. The van der Waals surface area contributed by atoms with Crippen LogP contribution in [0.1, 0.15) is 34.8 Å². The van der Waals surface area contributed by atoms with Gasteiger partial charge >= 0.3 is 0 Å². The molecule has 0 N–H and O–H groups in total. The molecule has 1 saturated heterocycles. The van der Waals surface area contributed by atoms with Crippen molar-refractivity contribution in [3.8, 4) is 0 Å². The lowest BCUT2D eigenvalue weighted by Crippen LogP contribution is -2.36. The predicted molar refractivity (Wildman–Crippen MR) is 78.6 cm³/mol. The molecule has 2 aliphatic rings. The average molecular weight is 330 g/mol. The lowest BCUT2D eigenvalue weighted by atomic mass is 9.78. The maximum absolute atomic E-state index is 6.04. The first-order valence-corrected chi connectivity index (χ1v) is 8.69. The molecule has 18 heavy (non-hydrogen) atoms. The molecule has 2 nitrogen and oxygen atoms in total. The van der Waals surface area contributed by atoms with Crippen molar-refractivity contribution in [3.05, 3.63) is 15.6 Å². The molecule has 0 radical (unpaired) electrons. The summed E-state index contributed by atoms with van der Waals surface area (Å²) >= 11 is 5.61. The first-order valence-electron chi connectivity index (χ1n) is 6.75. The fourth-order valence-electron chi connectivity index (χ4n) is 3.04. The summed E-state index contributed by atoms with van der Waals surface area (Å²) in [5, 5.41) is 2.33. The zero-order valence-corrected chi connectivity index (χ0v) is 13.4. The molecule has 2 fully saturated rings. The summed E-state index contributed by atoms with van der Waals surface area (Å²) in [5.41, 5.74) is 1.49. The second-order valence-electron chi connectivity index (χ2n) is 5.80. The van der Waals surface area contributed by atoms with E-state index in [9.17, 15) is 0 Å². The molecule has 2 unspecified atom stereocenters. The van der Waals surface area contributed by atoms with Crippen molar-refractivity contribution in [3.63, 3.8) is 0 Å². The van der Waals surface area contributed by atoms with Crippen LogP contribution in [0.15, 0.2) is 0 Å². The van der Waals surface area contributed by atoms with Crippen molar-refractivity contribution < 1.29 is 4.74 Å². The zero-order chi connectivity index (χ0) is 12.8. The highest BCUT2D eigenvalue weighted by Gasteiger charge is 2.50. The van der Waals surface area contributed by atoms with Gasteiger partial charge in [-0.2, -0.15) is 0 Å². The van der Waals surface area contributed by atoms with Gasteiger partial charge < -0.3 is 4.74 Å². The van der Waals surface area contributed by atoms with Gasteiger partial charge in [0, 0.05) is 28.6 Å². The maximum Gasteiger partial charge on any atom is 0.0937 e. The Kier molecular flexibility index (Phi) is 3.54. The van der Waals surface area contributed by atoms with Gasteiger partial charge in [0.25, 0.3) is 0 Å². The molecule has 2 atom stereocenters. The number of halogens is 1. The molecule has 3 rings (SSSR count). The maximum atomic E-state index is 6.04. The molecular weight excluding hydrogens is 310 g/mol. The predicted octanol–water partition coefficient (Wildman–Crippen LogP) is 3.88. The number of nitrogens with zero attached hydrogens (tertiary/aromatic N) is 1. The Morgan fingerprint density at radius 1 is 1.44 bits per heavy atom. The Hall–Kier alpha value is 0.0700. The standard InChI is InChI=1S/C14H20BrNOS/c1-9-10(2)18-12(16-9)7-14(8-15)5-6-17-13(14)11-3-4-11/h11,13H,3-8H2,1-2H3. The number of rotatable bonds is 4. The number of aryl methyl sites for hydroxylation is 2. The third-order valence-electron chi connectivity index (χ3n) is 4.39. The summed E-state index contributed by atoms with van der Waals surface area (Å²) in [6, 6.07) is 0. The summed E-state index contributed by atoms with van der Waals surface area (Å²) in [4.78, 5) is 6.08. The van der Waals surface area contributed by atoms with Crippen molar-refractivity contribution in [2.24, 2.45) is 11.3 Å². The average Bonchev–Trinajstić information content (AvgIpc) is 3.03. The molecule has 0 spiro atoms. The van der Waals surface area contributed by atoms with E-state index >= 15 is 0 Å². The van der Waals surface area contributed by atoms with Crippen LogP contribution in [0.2, 0.25) is 0 Å². The second kappa shape index (κ2) is 4.88. The quantitative estimate of drug-likeness (QED) is 0.782. The van der Waals surface area contributed by atoms with E-state index in [1.807, 2.05) is 11.3 Å². The van der Waals surface area contributed by atoms with Crippen LogP contribution in [0.4, 0.5) is 0 Å². The molecule has 4 heteroatoms. The highest BCUT2D eigenvalue weighted by molar-refractivity contribution is 9.09. The summed E-state index contributed by atoms with van der Waals surface area (Å²) < 4.78 is 6.04. The molecule has 100 valence electrons. The largest absolute Gasteiger partial charge is 0.377 e. The van der Waals surface area contributed by atoms with Crippen LogP contribution in [-0.4, -0.2) is 23.0 Å². The van der Waals surface area contributed by atoms with Gasteiger partial charge in [-0.15, -0.1) is 11.3 Å². The van der Waals surface area contributed by atoms with Gasteiger partial charge in [-0.25, -0.2) is 4.98 Å². The van der Waals surface area contributed by atoms with Crippen molar-refractivity contribution >= 4 is 27.3 Å². The molecule has 2 heterocycles. The molecular formula is C14H20BrNOS. The Labute approximate surface area is 121 Å². The topological polar surface area (TPSA) is 22.1 Å². The Morgan fingerprint density at radius 3 is 2.78 bits per heavy atom.